The second-order valence-corrected chi connectivity index (χ2v) is 6.61. The molecule has 26 heavy (non-hydrogen) atoms. The van der Waals surface area contributed by atoms with Crippen molar-refractivity contribution in [2.75, 3.05) is 25.3 Å². The summed E-state index contributed by atoms with van der Waals surface area (Å²) in [7, 11) is 3.21. The van der Waals surface area contributed by atoms with E-state index in [4.69, 9.17) is 15.2 Å². The highest BCUT2D eigenvalue weighted by Gasteiger charge is 2.09. The number of nitrogens with two attached hydrogens (primary N) is 1. The Bertz CT molecular complexity index is 901. The average molecular weight is 368 g/mol. The SMILES string of the molecule is COc1ccc(Nc2ncc(C)c(Sc3ccc(N)cc3)n2)cc1OC. The maximum absolute atomic E-state index is 5.74. The van der Waals surface area contributed by atoms with Crippen LogP contribution in [0.5, 0.6) is 11.5 Å². The van der Waals surface area contributed by atoms with E-state index in [0.717, 1.165) is 26.9 Å². The molecule has 0 bridgehead atoms. The summed E-state index contributed by atoms with van der Waals surface area (Å²) in [5.74, 6) is 1.82. The fraction of sp³-hybridized carbons (Fsp3) is 0.158. The lowest BCUT2D eigenvalue weighted by atomic mass is 10.3. The Balaban J connectivity index is 1.82. The van der Waals surface area contributed by atoms with E-state index in [1.54, 1.807) is 32.2 Å². The third-order valence-electron chi connectivity index (χ3n) is 3.66. The van der Waals surface area contributed by atoms with E-state index < -0.39 is 0 Å². The zero-order valence-corrected chi connectivity index (χ0v) is 15.6. The van der Waals surface area contributed by atoms with Crippen molar-refractivity contribution in [2.45, 2.75) is 16.8 Å². The molecule has 1 aromatic heterocycles. The molecule has 0 fully saturated rings. The molecule has 0 unspecified atom stereocenters. The summed E-state index contributed by atoms with van der Waals surface area (Å²) < 4.78 is 10.6. The normalized spacial score (nSPS) is 10.4. The van der Waals surface area contributed by atoms with Crippen LogP contribution in [0.25, 0.3) is 0 Å². The van der Waals surface area contributed by atoms with E-state index in [2.05, 4.69) is 15.3 Å². The number of rotatable bonds is 6. The molecular weight excluding hydrogens is 348 g/mol. The molecule has 1 heterocycles. The van der Waals surface area contributed by atoms with Crippen molar-refractivity contribution in [3.05, 3.63) is 54.2 Å². The monoisotopic (exact) mass is 368 g/mol. The number of nitrogens with zero attached hydrogens (tertiary/aromatic N) is 2. The van der Waals surface area contributed by atoms with Crippen LogP contribution >= 0.6 is 11.8 Å². The summed E-state index contributed by atoms with van der Waals surface area (Å²) in [6, 6.07) is 13.3. The fourth-order valence-corrected chi connectivity index (χ4v) is 3.12. The molecule has 134 valence electrons. The minimum absolute atomic E-state index is 0.515. The van der Waals surface area contributed by atoms with Gasteiger partial charge in [0.2, 0.25) is 5.95 Å². The maximum atomic E-state index is 5.74. The Morgan fingerprint density at radius 1 is 1.00 bits per heavy atom. The van der Waals surface area contributed by atoms with Gasteiger partial charge in [-0.15, -0.1) is 0 Å². The number of aryl methyl sites for hydroxylation is 1. The van der Waals surface area contributed by atoms with E-state index in [9.17, 15) is 0 Å². The molecule has 2 aromatic carbocycles. The predicted molar refractivity (Wildman–Crippen MR) is 105 cm³/mol. The first-order valence-corrected chi connectivity index (χ1v) is 8.77. The van der Waals surface area contributed by atoms with Crippen LogP contribution in [0.15, 0.2) is 58.6 Å². The van der Waals surface area contributed by atoms with Gasteiger partial charge in [-0.05, 0) is 43.3 Å². The summed E-state index contributed by atoms with van der Waals surface area (Å²) in [5, 5.41) is 4.08. The first kappa shape index (κ1) is 17.9. The molecular formula is C19H20N4O2S. The van der Waals surface area contributed by atoms with Crippen molar-refractivity contribution in [3.8, 4) is 11.5 Å². The topological polar surface area (TPSA) is 82.3 Å². The molecule has 0 saturated carbocycles. The number of nitrogen functional groups attached to an aromatic ring is 1. The summed E-state index contributed by atoms with van der Waals surface area (Å²) in [4.78, 5) is 10.0. The average Bonchev–Trinajstić information content (AvgIpc) is 2.66. The van der Waals surface area contributed by atoms with Gasteiger partial charge in [-0.25, -0.2) is 9.97 Å². The Labute approximate surface area is 156 Å². The van der Waals surface area contributed by atoms with Gasteiger partial charge >= 0.3 is 0 Å². The Morgan fingerprint density at radius 3 is 2.42 bits per heavy atom. The smallest absolute Gasteiger partial charge is 0.228 e. The number of anilines is 3. The van der Waals surface area contributed by atoms with Crippen molar-refractivity contribution in [3.63, 3.8) is 0 Å². The molecule has 0 atom stereocenters. The van der Waals surface area contributed by atoms with Gasteiger partial charge in [0.05, 0.1) is 14.2 Å². The van der Waals surface area contributed by atoms with E-state index in [1.807, 2.05) is 49.4 Å². The minimum atomic E-state index is 0.515. The number of methoxy groups -OCH3 is 2. The third kappa shape index (κ3) is 4.18. The lowest BCUT2D eigenvalue weighted by Gasteiger charge is -2.11. The number of hydrogen-bond donors (Lipinski definition) is 2. The predicted octanol–water partition coefficient (Wildman–Crippen LogP) is 4.28. The molecule has 7 heteroatoms. The van der Waals surface area contributed by atoms with Gasteiger partial charge in [-0.2, -0.15) is 0 Å². The van der Waals surface area contributed by atoms with Gasteiger partial charge in [0.15, 0.2) is 11.5 Å². The largest absolute Gasteiger partial charge is 0.493 e. The Hall–Kier alpha value is -2.93. The van der Waals surface area contributed by atoms with Crippen LogP contribution in [0, 0.1) is 6.92 Å². The summed E-state index contributed by atoms with van der Waals surface area (Å²) in [6.45, 7) is 1.99. The van der Waals surface area contributed by atoms with E-state index in [1.165, 1.54) is 0 Å². The molecule has 0 aliphatic carbocycles. The molecule has 0 radical (unpaired) electrons. The van der Waals surface area contributed by atoms with E-state index in [0.29, 0.717) is 17.4 Å². The zero-order chi connectivity index (χ0) is 18.5. The van der Waals surface area contributed by atoms with Crippen molar-refractivity contribution in [2.24, 2.45) is 0 Å². The number of benzene rings is 2. The van der Waals surface area contributed by atoms with Gasteiger partial charge in [0, 0.05) is 34.1 Å². The summed E-state index contributed by atoms with van der Waals surface area (Å²) in [6.07, 6.45) is 1.80. The van der Waals surface area contributed by atoms with Crippen molar-refractivity contribution < 1.29 is 9.47 Å². The van der Waals surface area contributed by atoms with Gasteiger partial charge in [0.25, 0.3) is 0 Å². The van der Waals surface area contributed by atoms with Gasteiger partial charge in [0.1, 0.15) is 5.03 Å². The summed E-state index contributed by atoms with van der Waals surface area (Å²) in [5.41, 5.74) is 8.30. The highest BCUT2D eigenvalue weighted by atomic mass is 32.2. The Morgan fingerprint density at radius 2 is 1.73 bits per heavy atom. The fourth-order valence-electron chi connectivity index (χ4n) is 2.28. The van der Waals surface area contributed by atoms with Gasteiger partial charge in [-0.3, -0.25) is 0 Å². The number of ether oxygens (including phenoxy) is 2. The van der Waals surface area contributed by atoms with Crippen LogP contribution in [0.4, 0.5) is 17.3 Å². The van der Waals surface area contributed by atoms with Crippen LogP contribution in [-0.2, 0) is 0 Å². The third-order valence-corrected chi connectivity index (χ3v) is 4.77. The van der Waals surface area contributed by atoms with Crippen molar-refractivity contribution in [1.82, 2.24) is 9.97 Å². The lowest BCUT2D eigenvalue weighted by Crippen LogP contribution is -2.00. The lowest BCUT2D eigenvalue weighted by molar-refractivity contribution is 0.355. The molecule has 0 amide bonds. The standard InChI is InChI=1S/C19H20N4O2S/c1-12-11-21-19(22-14-6-9-16(24-2)17(10-14)25-3)23-18(12)26-15-7-4-13(20)5-8-15/h4-11H,20H2,1-3H3,(H,21,22,23). The first-order chi connectivity index (χ1) is 12.6. The second kappa shape index (κ2) is 7.97. The zero-order valence-electron chi connectivity index (χ0n) is 14.8. The van der Waals surface area contributed by atoms with E-state index in [-0.39, 0.29) is 0 Å². The quantitative estimate of drug-likeness (QED) is 0.496. The summed E-state index contributed by atoms with van der Waals surface area (Å²) >= 11 is 1.57. The van der Waals surface area contributed by atoms with E-state index >= 15 is 0 Å². The molecule has 0 aliphatic heterocycles. The van der Waals surface area contributed by atoms with Crippen LogP contribution in [-0.4, -0.2) is 24.2 Å². The van der Waals surface area contributed by atoms with Crippen molar-refractivity contribution in [1.29, 1.82) is 0 Å². The number of hydrogen-bond acceptors (Lipinski definition) is 7. The number of nitrogens with one attached hydrogen (secondary N) is 1. The van der Waals surface area contributed by atoms with Gasteiger partial charge < -0.3 is 20.5 Å². The molecule has 6 nitrogen and oxygen atoms in total. The molecule has 0 saturated heterocycles. The second-order valence-electron chi connectivity index (χ2n) is 5.55. The molecule has 0 spiro atoms. The maximum Gasteiger partial charge on any atom is 0.228 e. The number of aromatic nitrogens is 2. The molecule has 3 aromatic rings. The minimum Gasteiger partial charge on any atom is -0.493 e. The van der Waals surface area contributed by atoms with Crippen LogP contribution in [0.1, 0.15) is 5.56 Å². The highest BCUT2D eigenvalue weighted by Crippen LogP contribution is 2.32. The van der Waals surface area contributed by atoms with Gasteiger partial charge in [-0.1, -0.05) is 11.8 Å². The first-order valence-electron chi connectivity index (χ1n) is 7.95. The Kier molecular flexibility index (Phi) is 5.48. The van der Waals surface area contributed by atoms with Crippen LogP contribution in [0.2, 0.25) is 0 Å². The van der Waals surface area contributed by atoms with Crippen LogP contribution < -0.4 is 20.5 Å². The molecule has 3 N–H and O–H groups in total. The van der Waals surface area contributed by atoms with Crippen LogP contribution in [0.3, 0.4) is 0 Å². The molecule has 3 rings (SSSR count). The molecule has 0 aliphatic rings. The van der Waals surface area contributed by atoms with Crippen molar-refractivity contribution >= 4 is 29.1 Å². The highest BCUT2D eigenvalue weighted by molar-refractivity contribution is 7.99.